The molecule has 0 bridgehead atoms. The first kappa shape index (κ1) is 18.7. The summed E-state index contributed by atoms with van der Waals surface area (Å²) in [5.41, 5.74) is 4.79. The molecular weight excluding hydrogens is 362 g/mol. The molecule has 1 aliphatic rings. The van der Waals surface area contributed by atoms with Gasteiger partial charge in [0, 0.05) is 19.3 Å². The molecule has 1 aliphatic carbocycles. The summed E-state index contributed by atoms with van der Waals surface area (Å²) in [5, 5.41) is 21.1. The Kier molecular flexibility index (Phi) is 5.00. The zero-order valence-corrected chi connectivity index (χ0v) is 16.5. The zero-order valence-electron chi connectivity index (χ0n) is 16.5. The third-order valence-corrected chi connectivity index (χ3v) is 5.19. The molecular formula is C25H23NO3. The molecule has 0 radical (unpaired) electrons. The summed E-state index contributed by atoms with van der Waals surface area (Å²) < 4.78 is 5.16. The smallest absolute Gasteiger partial charge is 0.138 e. The van der Waals surface area contributed by atoms with E-state index >= 15 is 0 Å². The Bertz CT molecular complexity index is 1070. The third-order valence-electron chi connectivity index (χ3n) is 5.19. The summed E-state index contributed by atoms with van der Waals surface area (Å²) >= 11 is 0. The number of hydrogen-bond donors (Lipinski definition) is 2. The van der Waals surface area contributed by atoms with E-state index < -0.39 is 0 Å². The first-order valence-electron chi connectivity index (χ1n) is 9.45. The molecule has 0 aliphatic heterocycles. The molecule has 0 atom stereocenters. The molecule has 0 amide bonds. The molecule has 0 saturated heterocycles. The first-order valence-corrected chi connectivity index (χ1v) is 9.45. The van der Waals surface area contributed by atoms with Crippen LogP contribution < -0.4 is 9.64 Å². The Morgan fingerprint density at radius 2 is 1.24 bits per heavy atom. The van der Waals surface area contributed by atoms with E-state index in [0.717, 1.165) is 29.1 Å². The maximum atomic E-state index is 10.6. The van der Waals surface area contributed by atoms with Gasteiger partial charge in [-0.1, -0.05) is 54.6 Å². The summed E-state index contributed by atoms with van der Waals surface area (Å²) in [5.74, 6) is 0.947. The lowest BCUT2D eigenvalue weighted by molar-refractivity contribution is 0.390. The van der Waals surface area contributed by atoms with Crippen LogP contribution in [0.5, 0.6) is 5.75 Å². The Labute approximate surface area is 170 Å². The lowest BCUT2D eigenvalue weighted by Crippen LogP contribution is -2.16. The molecule has 0 saturated carbocycles. The first-order chi connectivity index (χ1) is 14.1. The number of aliphatic hydroxyl groups is 2. The van der Waals surface area contributed by atoms with E-state index in [1.807, 2.05) is 61.6 Å². The highest BCUT2D eigenvalue weighted by atomic mass is 16.5. The van der Waals surface area contributed by atoms with Gasteiger partial charge in [0.15, 0.2) is 0 Å². The quantitative estimate of drug-likeness (QED) is 0.581. The van der Waals surface area contributed by atoms with Crippen molar-refractivity contribution in [1.82, 2.24) is 0 Å². The number of allylic oxidation sites excluding steroid dienone is 2. The van der Waals surface area contributed by atoms with Crippen molar-refractivity contribution in [3.8, 4) is 5.75 Å². The number of benzene rings is 3. The number of anilines is 1. The molecule has 4 rings (SSSR count). The van der Waals surface area contributed by atoms with Crippen molar-refractivity contribution in [2.24, 2.45) is 0 Å². The predicted octanol–water partition coefficient (Wildman–Crippen LogP) is 5.58. The van der Waals surface area contributed by atoms with E-state index in [1.54, 1.807) is 19.2 Å². The van der Waals surface area contributed by atoms with Crippen LogP contribution in [0.25, 0.3) is 11.1 Å². The van der Waals surface area contributed by atoms with Crippen molar-refractivity contribution in [2.45, 2.75) is 6.54 Å². The van der Waals surface area contributed by atoms with Crippen LogP contribution in [0.4, 0.5) is 5.69 Å². The molecule has 0 heterocycles. The van der Waals surface area contributed by atoms with Gasteiger partial charge in [-0.25, -0.2) is 0 Å². The average molecular weight is 385 g/mol. The van der Waals surface area contributed by atoms with Crippen LogP contribution in [-0.4, -0.2) is 24.4 Å². The Morgan fingerprint density at radius 3 is 1.76 bits per heavy atom. The fraction of sp³-hybridized carbons (Fsp3) is 0.120. The number of hydrogen-bond acceptors (Lipinski definition) is 4. The molecule has 146 valence electrons. The monoisotopic (exact) mass is 385 g/mol. The summed E-state index contributed by atoms with van der Waals surface area (Å²) in [7, 11) is 3.65. The number of ether oxygens (including phenoxy) is 1. The number of nitrogens with zero attached hydrogens (tertiary/aromatic N) is 1. The van der Waals surface area contributed by atoms with E-state index in [1.165, 1.54) is 5.56 Å². The van der Waals surface area contributed by atoms with Gasteiger partial charge in [-0.15, -0.1) is 0 Å². The predicted molar refractivity (Wildman–Crippen MR) is 117 cm³/mol. The lowest BCUT2D eigenvalue weighted by atomic mass is 9.84. The Balaban J connectivity index is 1.51. The van der Waals surface area contributed by atoms with E-state index in [2.05, 4.69) is 17.0 Å². The zero-order chi connectivity index (χ0) is 20.4. The van der Waals surface area contributed by atoms with Crippen LogP contribution in [0.3, 0.4) is 0 Å². The molecule has 0 fully saturated rings. The van der Waals surface area contributed by atoms with E-state index in [9.17, 15) is 10.2 Å². The van der Waals surface area contributed by atoms with E-state index in [4.69, 9.17) is 4.74 Å². The molecule has 0 unspecified atom stereocenters. The minimum Gasteiger partial charge on any atom is -0.506 e. The van der Waals surface area contributed by atoms with Gasteiger partial charge in [0.05, 0.1) is 18.3 Å². The second-order valence-electron chi connectivity index (χ2n) is 7.06. The number of aliphatic hydroxyl groups excluding tert-OH is 2. The van der Waals surface area contributed by atoms with Gasteiger partial charge < -0.3 is 19.8 Å². The normalized spacial score (nSPS) is 13.3. The largest absolute Gasteiger partial charge is 0.506 e. The topological polar surface area (TPSA) is 52.9 Å². The SMILES string of the molecule is COc1ccc(C2=C(O)C(c3ccc(N(C)Cc4ccccc4)cc3)=C2O)cc1. The molecule has 3 aromatic rings. The molecule has 2 N–H and O–H groups in total. The highest BCUT2D eigenvalue weighted by molar-refractivity contribution is 6.06. The van der Waals surface area contributed by atoms with Crippen molar-refractivity contribution >= 4 is 16.8 Å². The number of rotatable bonds is 6. The fourth-order valence-corrected chi connectivity index (χ4v) is 3.55. The highest BCUT2D eigenvalue weighted by Gasteiger charge is 2.31. The lowest BCUT2D eigenvalue weighted by Gasteiger charge is -2.25. The molecule has 3 aromatic carbocycles. The maximum absolute atomic E-state index is 10.6. The van der Waals surface area contributed by atoms with E-state index in [0.29, 0.717) is 11.1 Å². The fourth-order valence-electron chi connectivity index (χ4n) is 3.55. The molecule has 0 aromatic heterocycles. The van der Waals surface area contributed by atoms with Crippen molar-refractivity contribution in [3.05, 3.63) is 107 Å². The van der Waals surface area contributed by atoms with Gasteiger partial charge in [-0.3, -0.25) is 0 Å². The maximum Gasteiger partial charge on any atom is 0.138 e. The Morgan fingerprint density at radius 1 is 0.724 bits per heavy atom. The van der Waals surface area contributed by atoms with Crippen LogP contribution in [-0.2, 0) is 6.54 Å². The average Bonchev–Trinajstić information content (AvgIpc) is 2.75. The van der Waals surface area contributed by atoms with Crippen molar-refractivity contribution < 1.29 is 14.9 Å². The van der Waals surface area contributed by atoms with Crippen molar-refractivity contribution in [3.63, 3.8) is 0 Å². The van der Waals surface area contributed by atoms with Gasteiger partial charge in [-0.05, 0) is 41.0 Å². The van der Waals surface area contributed by atoms with Crippen LogP contribution >= 0.6 is 0 Å². The van der Waals surface area contributed by atoms with Gasteiger partial charge in [0.25, 0.3) is 0 Å². The molecule has 4 nitrogen and oxygen atoms in total. The minimum absolute atomic E-state index is 0.109. The Hall–Kier alpha value is -3.66. The minimum atomic E-state index is 0.109. The molecule has 4 heteroatoms. The highest BCUT2D eigenvalue weighted by Crippen LogP contribution is 2.44. The number of methoxy groups -OCH3 is 1. The van der Waals surface area contributed by atoms with Gasteiger partial charge in [-0.2, -0.15) is 0 Å². The van der Waals surface area contributed by atoms with Crippen LogP contribution in [0.15, 0.2) is 90.4 Å². The summed E-state index contributed by atoms with van der Waals surface area (Å²) in [6.45, 7) is 0.806. The second kappa shape index (κ2) is 7.76. The molecule has 29 heavy (non-hydrogen) atoms. The third kappa shape index (κ3) is 3.57. The van der Waals surface area contributed by atoms with E-state index in [-0.39, 0.29) is 11.5 Å². The van der Waals surface area contributed by atoms with Crippen molar-refractivity contribution in [1.29, 1.82) is 0 Å². The van der Waals surface area contributed by atoms with Crippen molar-refractivity contribution in [2.75, 3.05) is 19.1 Å². The second-order valence-corrected chi connectivity index (χ2v) is 7.06. The van der Waals surface area contributed by atoms with Gasteiger partial charge in [0.1, 0.15) is 17.3 Å². The van der Waals surface area contributed by atoms with Gasteiger partial charge >= 0.3 is 0 Å². The van der Waals surface area contributed by atoms with Crippen LogP contribution in [0.1, 0.15) is 16.7 Å². The molecule has 0 spiro atoms. The van der Waals surface area contributed by atoms with Crippen LogP contribution in [0, 0.1) is 0 Å². The summed E-state index contributed by atoms with van der Waals surface area (Å²) in [4.78, 5) is 2.16. The van der Waals surface area contributed by atoms with Crippen LogP contribution in [0.2, 0.25) is 0 Å². The standard InChI is InChI=1S/C25H23NO3/c1-26(16-17-6-4-3-5-7-17)20-12-8-18(9-13-20)22-24(27)23(25(22)28)19-10-14-21(29-2)15-11-19/h3-15,27-28H,16H2,1-2H3. The summed E-state index contributed by atoms with van der Waals surface area (Å²) in [6, 6.07) is 25.4. The van der Waals surface area contributed by atoms with Gasteiger partial charge in [0.2, 0.25) is 0 Å². The summed E-state index contributed by atoms with van der Waals surface area (Å²) in [6.07, 6.45) is 0.